The number of aromatic nitrogens is 2. The maximum absolute atomic E-state index is 11.8. The first kappa shape index (κ1) is 13.6. The molecular weight excluding hydrogens is 258 g/mol. The van der Waals surface area contributed by atoms with Crippen molar-refractivity contribution in [3.05, 3.63) is 22.2 Å². The van der Waals surface area contributed by atoms with Crippen molar-refractivity contribution in [2.75, 3.05) is 31.2 Å². The number of H-pyrrole nitrogens is 1. The van der Waals surface area contributed by atoms with Crippen LogP contribution in [-0.4, -0.2) is 42.1 Å². The molecule has 0 radical (unpaired) electrons. The summed E-state index contributed by atoms with van der Waals surface area (Å²) < 4.78 is 11.5. The SMILES string of the molecule is CC(C)c1nc(N2CCCC3(C2)OCCO3)cc(=O)[nH]1. The fourth-order valence-corrected chi connectivity index (χ4v) is 2.81. The molecule has 1 spiro atoms. The molecule has 1 aromatic rings. The quantitative estimate of drug-likeness (QED) is 0.882. The Morgan fingerprint density at radius 3 is 2.85 bits per heavy atom. The molecule has 0 atom stereocenters. The Hall–Kier alpha value is -1.40. The second-order valence-corrected chi connectivity index (χ2v) is 5.78. The molecule has 0 aliphatic carbocycles. The van der Waals surface area contributed by atoms with Crippen LogP contribution in [0.4, 0.5) is 5.82 Å². The molecule has 0 unspecified atom stereocenters. The van der Waals surface area contributed by atoms with Gasteiger partial charge in [-0.05, 0) is 6.42 Å². The highest BCUT2D eigenvalue weighted by atomic mass is 16.7. The van der Waals surface area contributed by atoms with E-state index in [-0.39, 0.29) is 11.5 Å². The van der Waals surface area contributed by atoms with Gasteiger partial charge in [-0.1, -0.05) is 13.8 Å². The zero-order chi connectivity index (χ0) is 14.2. The molecule has 0 amide bonds. The lowest BCUT2D eigenvalue weighted by atomic mass is 10.0. The summed E-state index contributed by atoms with van der Waals surface area (Å²) in [6, 6.07) is 1.56. The van der Waals surface area contributed by atoms with Gasteiger partial charge in [-0.3, -0.25) is 4.79 Å². The average molecular weight is 279 g/mol. The van der Waals surface area contributed by atoms with Crippen LogP contribution >= 0.6 is 0 Å². The number of ether oxygens (including phenoxy) is 2. The van der Waals surface area contributed by atoms with Crippen LogP contribution in [-0.2, 0) is 9.47 Å². The zero-order valence-corrected chi connectivity index (χ0v) is 12.0. The maximum Gasteiger partial charge on any atom is 0.252 e. The molecule has 0 bridgehead atoms. The molecule has 0 aromatic carbocycles. The van der Waals surface area contributed by atoms with E-state index in [1.54, 1.807) is 6.07 Å². The van der Waals surface area contributed by atoms with Gasteiger partial charge >= 0.3 is 0 Å². The highest BCUT2D eigenvalue weighted by molar-refractivity contribution is 5.39. The van der Waals surface area contributed by atoms with Crippen molar-refractivity contribution in [2.24, 2.45) is 0 Å². The summed E-state index contributed by atoms with van der Waals surface area (Å²) in [5.41, 5.74) is -0.105. The van der Waals surface area contributed by atoms with Crippen LogP contribution in [0.3, 0.4) is 0 Å². The van der Waals surface area contributed by atoms with Gasteiger partial charge in [0.25, 0.3) is 5.56 Å². The van der Waals surface area contributed by atoms with Gasteiger partial charge in [0.2, 0.25) is 0 Å². The topological polar surface area (TPSA) is 67.5 Å². The standard InChI is InChI=1S/C14H21N3O3/c1-10(2)13-15-11(8-12(18)16-13)17-5-3-4-14(9-17)19-6-7-20-14/h8,10H,3-7,9H2,1-2H3,(H,15,16,18). The molecule has 1 aromatic heterocycles. The highest BCUT2D eigenvalue weighted by Gasteiger charge is 2.41. The second kappa shape index (κ2) is 5.18. The summed E-state index contributed by atoms with van der Waals surface area (Å²) in [6.07, 6.45) is 1.88. The van der Waals surface area contributed by atoms with E-state index in [2.05, 4.69) is 14.9 Å². The van der Waals surface area contributed by atoms with E-state index in [1.165, 1.54) is 0 Å². The number of aromatic amines is 1. The Balaban J connectivity index is 1.86. The van der Waals surface area contributed by atoms with Crippen molar-refractivity contribution < 1.29 is 9.47 Å². The number of hydrogen-bond acceptors (Lipinski definition) is 5. The van der Waals surface area contributed by atoms with E-state index in [1.807, 2.05) is 13.8 Å². The minimum absolute atomic E-state index is 0.105. The number of hydrogen-bond donors (Lipinski definition) is 1. The summed E-state index contributed by atoms with van der Waals surface area (Å²) in [4.78, 5) is 21.2. The number of rotatable bonds is 2. The van der Waals surface area contributed by atoms with Crippen molar-refractivity contribution in [1.29, 1.82) is 0 Å². The van der Waals surface area contributed by atoms with E-state index in [9.17, 15) is 4.79 Å². The first-order chi connectivity index (χ1) is 9.58. The van der Waals surface area contributed by atoms with Crippen LogP contribution < -0.4 is 10.5 Å². The van der Waals surface area contributed by atoms with E-state index < -0.39 is 5.79 Å². The number of nitrogens with zero attached hydrogens (tertiary/aromatic N) is 2. The molecule has 2 saturated heterocycles. The first-order valence-electron chi connectivity index (χ1n) is 7.22. The molecule has 3 rings (SSSR count). The number of piperidine rings is 1. The number of anilines is 1. The molecule has 1 N–H and O–H groups in total. The number of nitrogens with one attached hydrogen (secondary N) is 1. The minimum atomic E-state index is -0.499. The molecule has 6 nitrogen and oxygen atoms in total. The summed E-state index contributed by atoms with van der Waals surface area (Å²) >= 11 is 0. The molecule has 2 aliphatic heterocycles. The molecular formula is C14H21N3O3. The van der Waals surface area contributed by atoms with E-state index >= 15 is 0 Å². The van der Waals surface area contributed by atoms with Gasteiger partial charge in [0.15, 0.2) is 5.79 Å². The largest absolute Gasteiger partial charge is 0.351 e. The molecule has 6 heteroatoms. The minimum Gasteiger partial charge on any atom is -0.351 e. The van der Waals surface area contributed by atoms with Crippen LogP contribution in [0.15, 0.2) is 10.9 Å². The molecule has 110 valence electrons. The Morgan fingerprint density at radius 2 is 2.15 bits per heavy atom. The van der Waals surface area contributed by atoms with Crippen LogP contribution in [0.5, 0.6) is 0 Å². The highest BCUT2D eigenvalue weighted by Crippen LogP contribution is 2.31. The fraction of sp³-hybridized carbons (Fsp3) is 0.714. The van der Waals surface area contributed by atoms with E-state index in [4.69, 9.17) is 9.47 Å². The summed E-state index contributed by atoms with van der Waals surface area (Å²) in [7, 11) is 0. The lowest BCUT2D eigenvalue weighted by Gasteiger charge is -2.39. The van der Waals surface area contributed by atoms with E-state index in [0.29, 0.717) is 19.8 Å². The maximum atomic E-state index is 11.8. The van der Waals surface area contributed by atoms with Gasteiger partial charge in [0.05, 0.1) is 19.8 Å². The average Bonchev–Trinajstić information content (AvgIpc) is 2.86. The lowest BCUT2D eigenvalue weighted by molar-refractivity contribution is -0.161. The Bertz CT molecular complexity index is 535. The van der Waals surface area contributed by atoms with Gasteiger partial charge in [-0.2, -0.15) is 0 Å². The monoisotopic (exact) mass is 279 g/mol. The van der Waals surface area contributed by atoms with Gasteiger partial charge in [-0.15, -0.1) is 0 Å². The van der Waals surface area contributed by atoms with Crippen molar-refractivity contribution in [3.63, 3.8) is 0 Å². The summed E-state index contributed by atoms with van der Waals surface area (Å²) in [5.74, 6) is 1.14. The molecule has 2 fully saturated rings. The van der Waals surface area contributed by atoms with Crippen LogP contribution in [0.1, 0.15) is 38.4 Å². The van der Waals surface area contributed by atoms with Crippen molar-refractivity contribution in [3.8, 4) is 0 Å². The fourth-order valence-electron chi connectivity index (χ4n) is 2.81. The van der Waals surface area contributed by atoms with Crippen LogP contribution in [0.25, 0.3) is 0 Å². The smallest absolute Gasteiger partial charge is 0.252 e. The molecule has 0 saturated carbocycles. The van der Waals surface area contributed by atoms with Gasteiger partial charge in [-0.25, -0.2) is 4.98 Å². The Morgan fingerprint density at radius 1 is 1.40 bits per heavy atom. The molecule has 2 aliphatic rings. The summed E-state index contributed by atoms with van der Waals surface area (Å²) in [6.45, 7) is 6.84. The van der Waals surface area contributed by atoms with Crippen LogP contribution in [0.2, 0.25) is 0 Å². The molecule has 3 heterocycles. The van der Waals surface area contributed by atoms with Gasteiger partial charge in [0, 0.05) is 24.9 Å². The zero-order valence-electron chi connectivity index (χ0n) is 12.0. The third kappa shape index (κ3) is 2.58. The predicted molar refractivity (Wildman–Crippen MR) is 75.0 cm³/mol. The van der Waals surface area contributed by atoms with Crippen molar-refractivity contribution in [1.82, 2.24) is 9.97 Å². The van der Waals surface area contributed by atoms with Gasteiger partial charge in [0.1, 0.15) is 11.6 Å². The third-order valence-corrected chi connectivity index (χ3v) is 3.85. The Labute approximate surface area is 118 Å². The normalized spacial score (nSPS) is 21.9. The lowest BCUT2D eigenvalue weighted by Crippen LogP contribution is -2.49. The van der Waals surface area contributed by atoms with Crippen molar-refractivity contribution >= 4 is 5.82 Å². The second-order valence-electron chi connectivity index (χ2n) is 5.78. The molecule has 20 heavy (non-hydrogen) atoms. The van der Waals surface area contributed by atoms with Gasteiger partial charge < -0.3 is 19.4 Å². The summed E-state index contributed by atoms with van der Waals surface area (Å²) in [5, 5.41) is 0. The van der Waals surface area contributed by atoms with E-state index in [0.717, 1.165) is 31.0 Å². The van der Waals surface area contributed by atoms with Crippen molar-refractivity contribution in [2.45, 2.75) is 38.4 Å². The first-order valence-corrected chi connectivity index (χ1v) is 7.22. The predicted octanol–water partition coefficient (Wildman–Crippen LogP) is 1.24. The Kier molecular flexibility index (Phi) is 3.52. The third-order valence-electron chi connectivity index (χ3n) is 3.85. The van der Waals surface area contributed by atoms with Crippen LogP contribution in [0, 0.1) is 0 Å².